The smallest absolute Gasteiger partial charge is 0.282 e. The third-order valence-electron chi connectivity index (χ3n) is 1.96. The van der Waals surface area contributed by atoms with Gasteiger partial charge in [0, 0.05) is 13.2 Å². The second-order valence-corrected chi connectivity index (χ2v) is 2.81. The lowest BCUT2D eigenvalue weighted by atomic mass is 10.4. The molecule has 2 heterocycles. The van der Waals surface area contributed by atoms with Crippen LogP contribution in [-0.4, -0.2) is 14.2 Å². The number of hydrogen-bond acceptors (Lipinski definition) is 4. The number of anilines is 1. The topological polar surface area (TPSA) is 91.9 Å². The van der Waals surface area contributed by atoms with E-state index >= 15 is 0 Å². The molecule has 4 N–H and O–H groups in total. The van der Waals surface area contributed by atoms with Crippen molar-refractivity contribution < 1.29 is 0 Å². The molecule has 2 aromatic rings. The Morgan fingerprint density at radius 2 is 2.23 bits per heavy atom. The molecule has 6 nitrogen and oxygen atoms in total. The van der Waals surface area contributed by atoms with E-state index in [2.05, 4.69) is 4.98 Å². The van der Waals surface area contributed by atoms with Crippen molar-refractivity contribution in [3.05, 3.63) is 22.6 Å². The van der Waals surface area contributed by atoms with Crippen molar-refractivity contribution in [2.24, 2.45) is 7.05 Å². The number of aryl methyl sites for hydroxylation is 1. The van der Waals surface area contributed by atoms with Gasteiger partial charge in [0.05, 0.1) is 5.39 Å². The first-order valence-corrected chi connectivity index (χ1v) is 3.70. The molecule has 0 aliphatic rings. The van der Waals surface area contributed by atoms with Crippen LogP contribution in [0.2, 0.25) is 0 Å². The number of nitrogens with two attached hydrogens (primary N) is 2. The highest BCUT2D eigenvalue weighted by Gasteiger charge is 2.08. The Balaban J connectivity index is 3.05. The van der Waals surface area contributed by atoms with Crippen LogP contribution in [0.3, 0.4) is 0 Å². The summed E-state index contributed by atoms with van der Waals surface area (Å²) in [4.78, 5) is 15.4. The van der Waals surface area contributed by atoms with Gasteiger partial charge < -0.3 is 16.1 Å². The Bertz CT molecular complexity index is 523. The molecule has 0 unspecified atom stereocenters. The molecule has 0 aliphatic heterocycles. The maximum atomic E-state index is 11.5. The number of hydrogen-bond donors (Lipinski definition) is 2. The lowest BCUT2D eigenvalue weighted by molar-refractivity contribution is 0.901. The minimum atomic E-state index is -0.330. The fourth-order valence-electron chi connectivity index (χ4n) is 1.22. The second-order valence-electron chi connectivity index (χ2n) is 2.81. The summed E-state index contributed by atoms with van der Waals surface area (Å²) in [6.45, 7) is 0. The molecule has 2 aromatic heterocycles. The minimum absolute atomic E-state index is 0.0132. The quantitative estimate of drug-likeness (QED) is 0.509. The summed E-state index contributed by atoms with van der Waals surface area (Å²) in [5.41, 5.74) is 5.64. The zero-order chi connectivity index (χ0) is 9.59. The van der Waals surface area contributed by atoms with Gasteiger partial charge in [0.2, 0.25) is 5.95 Å². The average molecular weight is 179 g/mol. The molecule has 2 rings (SSSR count). The molecule has 0 aromatic carbocycles. The molecule has 0 amide bonds. The first kappa shape index (κ1) is 7.66. The normalized spacial score (nSPS) is 10.8. The van der Waals surface area contributed by atoms with Gasteiger partial charge >= 0.3 is 0 Å². The van der Waals surface area contributed by atoms with Gasteiger partial charge in [-0.05, 0) is 6.07 Å². The van der Waals surface area contributed by atoms with Crippen LogP contribution >= 0.6 is 0 Å². The van der Waals surface area contributed by atoms with E-state index in [0.29, 0.717) is 11.0 Å². The average Bonchev–Trinajstić information content (AvgIpc) is 2.45. The Kier molecular flexibility index (Phi) is 1.33. The Morgan fingerprint density at radius 1 is 1.54 bits per heavy atom. The summed E-state index contributed by atoms with van der Waals surface area (Å²) in [6.07, 6.45) is 1.73. The summed E-state index contributed by atoms with van der Waals surface area (Å²) in [5, 5.41) is 0.471. The van der Waals surface area contributed by atoms with Crippen molar-refractivity contribution in [3.8, 4) is 0 Å². The number of rotatable bonds is 0. The molecule has 6 heteroatoms. The summed E-state index contributed by atoms with van der Waals surface area (Å²) in [6, 6.07) is 1.66. The third-order valence-corrected chi connectivity index (χ3v) is 1.96. The van der Waals surface area contributed by atoms with E-state index in [4.69, 9.17) is 11.6 Å². The van der Waals surface area contributed by atoms with Crippen molar-refractivity contribution in [2.75, 3.05) is 11.6 Å². The molecular formula is C7H9N5O. The van der Waals surface area contributed by atoms with Crippen molar-refractivity contribution in [1.29, 1.82) is 0 Å². The van der Waals surface area contributed by atoms with Crippen LogP contribution in [0.25, 0.3) is 11.0 Å². The Morgan fingerprint density at radius 3 is 2.92 bits per heavy atom. The zero-order valence-corrected chi connectivity index (χ0v) is 7.06. The number of fused-ring (bicyclic) bond motifs is 1. The largest absolute Gasteiger partial charge is 0.368 e. The van der Waals surface area contributed by atoms with Crippen LogP contribution in [0.15, 0.2) is 17.1 Å². The second kappa shape index (κ2) is 2.25. The van der Waals surface area contributed by atoms with E-state index in [9.17, 15) is 4.79 Å². The molecule has 0 spiro atoms. The summed E-state index contributed by atoms with van der Waals surface area (Å²) < 4.78 is 2.55. The van der Waals surface area contributed by atoms with Gasteiger partial charge in [-0.3, -0.25) is 4.79 Å². The monoisotopic (exact) mass is 179 g/mol. The van der Waals surface area contributed by atoms with Gasteiger partial charge in [0.15, 0.2) is 0 Å². The predicted octanol–water partition coefficient (Wildman–Crippen LogP) is -0.969. The van der Waals surface area contributed by atoms with Gasteiger partial charge in [0.1, 0.15) is 5.65 Å². The van der Waals surface area contributed by atoms with Crippen molar-refractivity contribution in [3.63, 3.8) is 0 Å². The summed E-state index contributed by atoms with van der Waals surface area (Å²) in [5.74, 6) is 5.38. The SMILES string of the molecule is Cn1ccc2c(=O)n(N)c(N)nc21. The van der Waals surface area contributed by atoms with Crippen molar-refractivity contribution in [1.82, 2.24) is 14.2 Å². The van der Waals surface area contributed by atoms with E-state index in [1.165, 1.54) is 0 Å². The maximum absolute atomic E-state index is 11.5. The van der Waals surface area contributed by atoms with Gasteiger partial charge in [-0.25, -0.2) is 0 Å². The molecule has 0 fully saturated rings. The highest BCUT2D eigenvalue weighted by molar-refractivity contribution is 5.76. The first-order chi connectivity index (χ1) is 6.11. The van der Waals surface area contributed by atoms with Crippen LogP contribution < -0.4 is 17.1 Å². The zero-order valence-electron chi connectivity index (χ0n) is 7.06. The molecule has 0 saturated carbocycles. The van der Waals surface area contributed by atoms with Crippen LogP contribution in [0.5, 0.6) is 0 Å². The van der Waals surface area contributed by atoms with Crippen molar-refractivity contribution >= 4 is 17.0 Å². The van der Waals surface area contributed by atoms with Crippen LogP contribution in [0.1, 0.15) is 0 Å². The summed E-state index contributed by atoms with van der Waals surface area (Å²) >= 11 is 0. The molecule has 13 heavy (non-hydrogen) atoms. The first-order valence-electron chi connectivity index (χ1n) is 3.70. The van der Waals surface area contributed by atoms with E-state index in [1.807, 2.05) is 0 Å². The minimum Gasteiger partial charge on any atom is -0.368 e. The van der Waals surface area contributed by atoms with Gasteiger partial charge in [-0.1, -0.05) is 0 Å². The van der Waals surface area contributed by atoms with Crippen LogP contribution in [0, 0.1) is 0 Å². The molecule has 0 radical (unpaired) electrons. The lowest BCUT2D eigenvalue weighted by Crippen LogP contribution is -2.30. The Hall–Kier alpha value is -1.98. The standard InChI is InChI=1S/C7H9N5O/c1-11-3-2-4-5(11)10-7(8)12(9)6(4)13/h2-3H,9H2,1H3,(H2,8,10). The Labute approximate surface area is 73.4 Å². The highest BCUT2D eigenvalue weighted by atomic mass is 16.1. The number of nitrogens with zero attached hydrogens (tertiary/aromatic N) is 3. The molecule has 0 bridgehead atoms. The van der Waals surface area contributed by atoms with Gasteiger partial charge in [-0.2, -0.15) is 9.66 Å². The van der Waals surface area contributed by atoms with Crippen LogP contribution in [0.4, 0.5) is 5.95 Å². The molecule has 68 valence electrons. The molecular weight excluding hydrogens is 170 g/mol. The van der Waals surface area contributed by atoms with Gasteiger partial charge in [-0.15, -0.1) is 0 Å². The van der Waals surface area contributed by atoms with Crippen molar-refractivity contribution in [2.45, 2.75) is 0 Å². The van der Waals surface area contributed by atoms with Gasteiger partial charge in [0.25, 0.3) is 5.56 Å². The third kappa shape index (κ3) is 0.883. The fourth-order valence-corrected chi connectivity index (χ4v) is 1.22. The van der Waals surface area contributed by atoms with Crippen LogP contribution in [-0.2, 0) is 7.05 Å². The lowest BCUT2D eigenvalue weighted by Gasteiger charge is -2.02. The molecule has 0 saturated heterocycles. The number of aromatic nitrogens is 3. The molecule has 0 aliphatic carbocycles. The maximum Gasteiger partial charge on any atom is 0.282 e. The molecule has 0 atom stereocenters. The fraction of sp³-hybridized carbons (Fsp3) is 0.143. The van der Waals surface area contributed by atoms with E-state index < -0.39 is 0 Å². The van der Waals surface area contributed by atoms with E-state index in [-0.39, 0.29) is 11.5 Å². The van der Waals surface area contributed by atoms with E-state index in [1.54, 1.807) is 23.9 Å². The summed E-state index contributed by atoms with van der Waals surface area (Å²) in [7, 11) is 1.79. The predicted molar refractivity (Wildman–Crippen MR) is 49.5 cm³/mol. The van der Waals surface area contributed by atoms with E-state index in [0.717, 1.165) is 4.68 Å². The highest BCUT2D eigenvalue weighted by Crippen LogP contribution is 2.07. The number of nitrogen functional groups attached to an aromatic ring is 2.